The van der Waals surface area contributed by atoms with Crippen LogP contribution in [0.4, 0.5) is 5.69 Å². The molecule has 0 aliphatic rings. The van der Waals surface area contributed by atoms with Crippen LogP contribution in [0.15, 0.2) is 18.2 Å². The number of likely N-dealkylation sites (N-methyl/N-ethyl adjacent to an activating group) is 2. The minimum absolute atomic E-state index is 0.0293. The molecule has 114 valence electrons. The van der Waals surface area contributed by atoms with Gasteiger partial charge in [0.1, 0.15) is 6.07 Å². The van der Waals surface area contributed by atoms with Gasteiger partial charge in [0.15, 0.2) is 0 Å². The molecule has 5 nitrogen and oxygen atoms in total. The van der Waals surface area contributed by atoms with Crippen molar-refractivity contribution in [3.8, 4) is 6.07 Å². The molecule has 0 bridgehead atoms. The van der Waals surface area contributed by atoms with Crippen molar-refractivity contribution in [2.75, 3.05) is 25.5 Å². The molecule has 2 N–H and O–H groups in total. The zero-order valence-electron chi connectivity index (χ0n) is 13.4. The molecule has 0 heterocycles. The second-order valence-electron chi connectivity index (χ2n) is 6.10. The zero-order valence-corrected chi connectivity index (χ0v) is 13.4. The molecule has 0 saturated carbocycles. The first-order valence-electron chi connectivity index (χ1n) is 6.96. The summed E-state index contributed by atoms with van der Waals surface area (Å²) < 4.78 is 0. The van der Waals surface area contributed by atoms with Crippen molar-refractivity contribution in [1.29, 1.82) is 5.26 Å². The van der Waals surface area contributed by atoms with Gasteiger partial charge in [0.2, 0.25) is 5.91 Å². The summed E-state index contributed by atoms with van der Waals surface area (Å²) >= 11 is 0. The van der Waals surface area contributed by atoms with Gasteiger partial charge in [0.25, 0.3) is 0 Å². The lowest BCUT2D eigenvalue weighted by Gasteiger charge is -2.22. The lowest BCUT2D eigenvalue weighted by molar-refractivity contribution is -0.119. The Morgan fingerprint density at radius 1 is 1.38 bits per heavy atom. The Labute approximate surface area is 126 Å². The third-order valence-electron chi connectivity index (χ3n) is 3.08. The molecule has 0 aliphatic carbocycles. The molecule has 21 heavy (non-hydrogen) atoms. The third-order valence-corrected chi connectivity index (χ3v) is 3.08. The minimum atomic E-state index is -0.0835. The first-order valence-corrected chi connectivity index (χ1v) is 6.96. The monoisotopic (exact) mass is 288 g/mol. The predicted molar refractivity (Wildman–Crippen MR) is 85.1 cm³/mol. The minimum Gasteiger partial charge on any atom is -0.364 e. The Morgan fingerprint density at radius 2 is 2.05 bits per heavy atom. The molecule has 0 aromatic heterocycles. The molecule has 0 spiro atoms. The highest BCUT2D eigenvalue weighted by atomic mass is 16.1. The molecular weight excluding hydrogens is 264 g/mol. The predicted octanol–water partition coefficient (Wildman–Crippen LogP) is 1.63. The average molecular weight is 288 g/mol. The maximum Gasteiger partial charge on any atom is 0.239 e. The Balaban J connectivity index is 2.89. The van der Waals surface area contributed by atoms with Crippen molar-refractivity contribution >= 4 is 11.6 Å². The normalized spacial score (nSPS) is 10.9. The first kappa shape index (κ1) is 17.0. The second kappa shape index (κ2) is 7.09. The highest BCUT2D eigenvalue weighted by Gasteiger charge is 2.13. The molecule has 1 aromatic rings. The summed E-state index contributed by atoms with van der Waals surface area (Å²) in [6.07, 6.45) is 0. The summed E-state index contributed by atoms with van der Waals surface area (Å²) in [5.41, 5.74) is 2.43. The first-order chi connectivity index (χ1) is 9.76. The van der Waals surface area contributed by atoms with Crippen molar-refractivity contribution in [1.82, 2.24) is 10.6 Å². The van der Waals surface area contributed by atoms with E-state index in [0.29, 0.717) is 12.1 Å². The van der Waals surface area contributed by atoms with Crippen molar-refractivity contribution < 1.29 is 4.79 Å². The molecule has 1 amide bonds. The van der Waals surface area contributed by atoms with Gasteiger partial charge in [0, 0.05) is 26.2 Å². The maximum atomic E-state index is 11.4. The fraction of sp³-hybridized carbons (Fsp3) is 0.500. The molecule has 1 aromatic carbocycles. The standard InChI is InChI=1S/C16H24N4O/c1-16(2,3)19-10-12-6-7-14(13(8-12)9-17)20(5)11-15(21)18-4/h6-8,19H,10-11H2,1-5H3,(H,18,21). The number of nitrogens with one attached hydrogen (secondary N) is 2. The molecule has 0 aliphatic heterocycles. The molecule has 1 rings (SSSR count). The number of benzene rings is 1. The van der Waals surface area contributed by atoms with E-state index in [1.165, 1.54) is 0 Å². The SMILES string of the molecule is CNC(=O)CN(C)c1ccc(CNC(C)(C)C)cc1C#N. The van der Waals surface area contributed by atoms with Crippen molar-refractivity contribution in [3.63, 3.8) is 0 Å². The van der Waals surface area contributed by atoms with Crippen molar-refractivity contribution in [2.24, 2.45) is 0 Å². The van der Waals surface area contributed by atoms with E-state index in [0.717, 1.165) is 11.3 Å². The number of carbonyl (C=O) groups excluding carboxylic acids is 1. The van der Waals surface area contributed by atoms with Gasteiger partial charge in [-0.15, -0.1) is 0 Å². The summed E-state index contributed by atoms with van der Waals surface area (Å²) in [6, 6.07) is 7.95. The third kappa shape index (κ3) is 5.44. The van der Waals surface area contributed by atoms with E-state index in [4.69, 9.17) is 0 Å². The molecule has 0 atom stereocenters. The van der Waals surface area contributed by atoms with Crippen LogP contribution >= 0.6 is 0 Å². The number of hydrogen-bond acceptors (Lipinski definition) is 4. The summed E-state index contributed by atoms with van der Waals surface area (Å²) in [4.78, 5) is 13.2. The van der Waals surface area contributed by atoms with Gasteiger partial charge in [0.05, 0.1) is 17.8 Å². The molecule has 5 heteroatoms. The molecule has 0 fully saturated rings. The largest absolute Gasteiger partial charge is 0.364 e. The second-order valence-corrected chi connectivity index (χ2v) is 6.10. The van der Waals surface area contributed by atoms with E-state index in [1.807, 2.05) is 18.2 Å². The number of amides is 1. The number of nitriles is 1. The van der Waals surface area contributed by atoms with Gasteiger partial charge in [-0.05, 0) is 38.5 Å². The Kier molecular flexibility index (Phi) is 5.74. The Hall–Kier alpha value is -2.06. The topological polar surface area (TPSA) is 68.2 Å². The van der Waals surface area contributed by atoms with Crippen LogP contribution in [0.1, 0.15) is 31.9 Å². The van der Waals surface area contributed by atoms with Gasteiger partial charge in [-0.2, -0.15) is 5.26 Å². The molecule has 0 unspecified atom stereocenters. The molecular formula is C16H24N4O. The van der Waals surface area contributed by atoms with E-state index in [9.17, 15) is 10.1 Å². The van der Waals surface area contributed by atoms with Crippen LogP contribution in [0.5, 0.6) is 0 Å². The van der Waals surface area contributed by atoms with Crippen LogP contribution in [0.2, 0.25) is 0 Å². The fourth-order valence-corrected chi connectivity index (χ4v) is 1.86. The zero-order chi connectivity index (χ0) is 16.0. The van der Waals surface area contributed by atoms with Gasteiger partial charge < -0.3 is 15.5 Å². The Bertz CT molecular complexity index is 540. The summed E-state index contributed by atoms with van der Waals surface area (Å²) in [6.45, 7) is 7.24. The number of rotatable bonds is 5. The lowest BCUT2D eigenvalue weighted by atomic mass is 10.1. The van der Waals surface area contributed by atoms with E-state index >= 15 is 0 Å². The number of nitrogens with zero attached hydrogens (tertiary/aromatic N) is 2. The Morgan fingerprint density at radius 3 is 2.57 bits per heavy atom. The van der Waals surface area contributed by atoms with Crippen molar-refractivity contribution in [3.05, 3.63) is 29.3 Å². The molecule has 0 radical (unpaired) electrons. The smallest absolute Gasteiger partial charge is 0.239 e. The lowest BCUT2D eigenvalue weighted by Crippen LogP contribution is -2.35. The average Bonchev–Trinajstić information content (AvgIpc) is 2.43. The van der Waals surface area contributed by atoms with E-state index in [1.54, 1.807) is 19.0 Å². The number of anilines is 1. The van der Waals surface area contributed by atoms with Gasteiger partial charge >= 0.3 is 0 Å². The highest BCUT2D eigenvalue weighted by molar-refractivity contribution is 5.81. The van der Waals surface area contributed by atoms with Gasteiger partial charge in [-0.1, -0.05) is 6.07 Å². The van der Waals surface area contributed by atoms with Gasteiger partial charge in [-0.3, -0.25) is 4.79 Å². The molecule has 0 saturated heterocycles. The van der Waals surface area contributed by atoms with E-state index in [-0.39, 0.29) is 18.0 Å². The number of carbonyl (C=O) groups is 1. The van der Waals surface area contributed by atoms with Crippen LogP contribution in [0.25, 0.3) is 0 Å². The highest BCUT2D eigenvalue weighted by Crippen LogP contribution is 2.20. The van der Waals surface area contributed by atoms with E-state index in [2.05, 4.69) is 37.5 Å². The van der Waals surface area contributed by atoms with E-state index < -0.39 is 0 Å². The maximum absolute atomic E-state index is 11.4. The van der Waals surface area contributed by atoms with Crippen LogP contribution in [0, 0.1) is 11.3 Å². The summed E-state index contributed by atoms with van der Waals surface area (Å²) in [5.74, 6) is -0.0835. The van der Waals surface area contributed by atoms with Crippen molar-refractivity contribution in [2.45, 2.75) is 32.9 Å². The van der Waals surface area contributed by atoms with Gasteiger partial charge in [-0.25, -0.2) is 0 Å². The number of hydrogen-bond donors (Lipinski definition) is 2. The van der Waals surface area contributed by atoms with Crippen LogP contribution in [0.3, 0.4) is 0 Å². The fourth-order valence-electron chi connectivity index (χ4n) is 1.86. The van der Waals surface area contributed by atoms with Crippen LogP contribution in [-0.2, 0) is 11.3 Å². The summed E-state index contributed by atoms with van der Waals surface area (Å²) in [7, 11) is 3.40. The van der Waals surface area contributed by atoms with Crippen LogP contribution in [-0.4, -0.2) is 32.1 Å². The quantitative estimate of drug-likeness (QED) is 0.864. The van der Waals surface area contributed by atoms with Crippen LogP contribution < -0.4 is 15.5 Å². The summed E-state index contributed by atoms with van der Waals surface area (Å²) in [5, 5.41) is 15.3.